The third kappa shape index (κ3) is 5.08. The second-order valence-electron chi connectivity index (χ2n) is 12.3. The summed E-state index contributed by atoms with van der Waals surface area (Å²) in [5.74, 6) is -1.69. The summed E-state index contributed by atoms with van der Waals surface area (Å²) >= 11 is 17.2. The van der Waals surface area contributed by atoms with Gasteiger partial charge < -0.3 is 33.4 Å². The number of carbonyl (C=O) groups excluding carboxylic acids is 2. The number of imide groups is 1. The standard InChI is InChI=1S/C26H33Cl3N2O8Si/c1-24(2,3)40(6,7)39-16-9-13-12-8-15-19(36-11-35-15)18(32)14(12)10-31(23(34)30-22(33)26(27,28)29)17(13)21-20(16)37-25(4,5)38-21/h8-9,16-17,20-21,32H,10-11H2,1-7H3,(H,30,33,34)/t16-,17+,20+,21-/m0/s1. The minimum atomic E-state index is -2.36. The van der Waals surface area contributed by atoms with E-state index in [0.29, 0.717) is 22.4 Å². The van der Waals surface area contributed by atoms with Gasteiger partial charge >= 0.3 is 6.03 Å². The second kappa shape index (κ2) is 9.65. The molecule has 5 rings (SSSR count). The molecule has 0 bridgehead atoms. The zero-order valence-corrected chi connectivity index (χ0v) is 26.5. The van der Waals surface area contributed by atoms with Gasteiger partial charge in [-0.05, 0) is 55.3 Å². The Morgan fingerprint density at radius 3 is 2.42 bits per heavy atom. The maximum atomic E-state index is 13.6. The smallest absolute Gasteiger partial charge is 0.325 e. The van der Waals surface area contributed by atoms with Gasteiger partial charge in [-0.1, -0.05) is 55.6 Å². The van der Waals surface area contributed by atoms with Crippen LogP contribution in [0.2, 0.25) is 18.1 Å². The zero-order valence-electron chi connectivity index (χ0n) is 23.3. The van der Waals surface area contributed by atoms with Gasteiger partial charge in [0.1, 0.15) is 12.2 Å². The average molecular weight is 636 g/mol. The van der Waals surface area contributed by atoms with Crippen LogP contribution in [0.4, 0.5) is 4.79 Å². The molecule has 0 saturated carbocycles. The number of aromatic hydroxyl groups is 1. The van der Waals surface area contributed by atoms with Crippen molar-refractivity contribution in [3.63, 3.8) is 0 Å². The zero-order chi connectivity index (χ0) is 29.6. The summed E-state index contributed by atoms with van der Waals surface area (Å²) < 4.78 is 28.3. The van der Waals surface area contributed by atoms with Crippen LogP contribution in [0.1, 0.15) is 45.7 Å². The number of nitrogens with one attached hydrogen (secondary N) is 1. The Labute approximate surface area is 248 Å². The lowest BCUT2D eigenvalue weighted by molar-refractivity contribution is -0.153. The number of rotatable bonds is 2. The fraction of sp³-hybridized carbons (Fsp3) is 0.615. The number of amides is 3. The first kappa shape index (κ1) is 29.7. The van der Waals surface area contributed by atoms with Crippen LogP contribution in [-0.4, -0.2) is 71.0 Å². The molecule has 14 heteroatoms. The van der Waals surface area contributed by atoms with Gasteiger partial charge in [-0.2, -0.15) is 0 Å². The molecule has 0 radical (unpaired) electrons. The van der Waals surface area contributed by atoms with E-state index in [-0.39, 0.29) is 29.9 Å². The van der Waals surface area contributed by atoms with Crippen molar-refractivity contribution in [2.24, 2.45) is 0 Å². The lowest BCUT2D eigenvalue weighted by atomic mass is 9.78. The van der Waals surface area contributed by atoms with Crippen LogP contribution >= 0.6 is 34.8 Å². The summed E-state index contributed by atoms with van der Waals surface area (Å²) in [6.07, 6.45) is 0.152. The van der Waals surface area contributed by atoms with E-state index < -0.39 is 54.2 Å². The molecule has 0 aromatic heterocycles. The van der Waals surface area contributed by atoms with Gasteiger partial charge in [0.2, 0.25) is 12.5 Å². The van der Waals surface area contributed by atoms with E-state index in [1.165, 1.54) is 4.90 Å². The number of nitrogens with zero attached hydrogens (tertiary/aromatic N) is 1. The fourth-order valence-electron chi connectivity index (χ4n) is 5.26. The minimum absolute atomic E-state index is 0.0524. The number of fused-ring (bicyclic) bond motifs is 6. The van der Waals surface area contributed by atoms with Crippen molar-refractivity contribution in [1.82, 2.24) is 10.2 Å². The van der Waals surface area contributed by atoms with E-state index in [9.17, 15) is 14.7 Å². The average Bonchev–Trinajstić information content (AvgIpc) is 3.41. The summed E-state index contributed by atoms with van der Waals surface area (Å²) in [6.45, 7) is 14.2. The number of halogens is 3. The third-order valence-electron chi connectivity index (χ3n) is 8.15. The maximum Gasteiger partial charge on any atom is 0.325 e. The lowest BCUT2D eigenvalue weighted by Gasteiger charge is -2.48. The number of benzene rings is 1. The topological polar surface area (TPSA) is 116 Å². The molecule has 1 aromatic carbocycles. The van der Waals surface area contributed by atoms with E-state index in [2.05, 4.69) is 39.2 Å². The summed E-state index contributed by atoms with van der Waals surface area (Å²) in [5.41, 5.74) is 1.71. The van der Waals surface area contributed by atoms with Crippen molar-refractivity contribution in [3.05, 3.63) is 23.3 Å². The van der Waals surface area contributed by atoms with E-state index in [4.69, 9.17) is 58.2 Å². The molecular formula is C26H33Cl3N2O8Si. The van der Waals surface area contributed by atoms with Gasteiger partial charge in [-0.25, -0.2) is 4.79 Å². The normalized spacial score (nSPS) is 26.9. The number of phenolic OH excluding ortho intramolecular Hbond substituents is 1. The van der Waals surface area contributed by atoms with Crippen molar-refractivity contribution < 1.29 is 38.1 Å². The predicted molar refractivity (Wildman–Crippen MR) is 151 cm³/mol. The molecular weight excluding hydrogens is 603 g/mol. The number of carbonyl (C=O) groups is 2. The molecule has 1 aliphatic carbocycles. The molecule has 4 aliphatic rings. The molecule has 220 valence electrons. The molecule has 3 heterocycles. The highest BCUT2D eigenvalue weighted by molar-refractivity contribution is 6.76. The molecule has 0 spiro atoms. The predicted octanol–water partition coefficient (Wildman–Crippen LogP) is 5.22. The molecule has 10 nitrogen and oxygen atoms in total. The number of hydrogen-bond donors (Lipinski definition) is 2. The number of ether oxygens (including phenoxy) is 4. The molecule has 3 aliphatic heterocycles. The van der Waals surface area contributed by atoms with Gasteiger partial charge in [0, 0.05) is 5.56 Å². The summed E-state index contributed by atoms with van der Waals surface area (Å²) in [6, 6.07) is 0.218. The third-order valence-corrected chi connectivity index (χ3v) is 13.1. The highest BCUT2D eigenvalue weighted by atomic mass is 35.6. The van der Waals surface area contributed by atoms with Crippen LogP contribution in [0.25, 0.3) is 5.57 Å². The monoisotopic (exact) mass is 634 g/mol. The van der Waals surface area contributed by atoms with Gasteiger partial charge in [0.15, 0.2) is 25.6 Å². The summed E-state index contributed by atoms with van der Waals surface area (Å²) in [5, 5.41) is 13.3. The molecule has 1 aromatic rings. The second-order valence-corrected chi connectivity index (χ2v) is 19.4. The van der Waals surface area contributed by atoms with Crippen molar-refractivity contribution in [1.29, 1.82) is 0 Å². The number of urea groups is 1. The Hall–Kier alpha value is -1.73. The van der Waals surface area contributed by atoms with Crippen molar-refractivity contribution in [2.75, 3.05) is 6.79 Å². The minimum Gasteiger partial charge on any atom is -0.504 e. The van der Waals surface area contributed by atoms with Crippen LogP contribution < -0.4 is 14.8 Å². The molecule has 2 N–H and O–H groups in total. The first-order valence-electron chi connectivity index (χ1n) is 12.9. The first-order valence-corrected chi connectivity index (χ1v) is 16.9. The Balaban J connectivity index is 1.66. The molecule has 40 heavy (non-hydrogen) atoms. The highest BCUT2D eigenvalue weighted by Crippen LogP contribution is 2.53. The molecule has 1 fully saturated rings. The van der Waals surface area contributed by atoms with E-state index in [1.807, 2.05) is 6.08 Å². The Kier molecular flexibility index (Phi) is 7.18. The highest BCUT2D eigenvalue weighted by Gasteiger charge is 2.57. The first-order chi connectivity index (χ1) is 18.3. The van der Waals surface area contributed by atoms with Crippen LogP contribution in [0, 0.1) is 0 Å². The number of phenols is 1. The molecule has 1 saturated heterocycles. The van der Waals surface area contributed by atoms with Crippen LogP contribution in [0.15, 0.2) is 12.1 Å². The van der Waals surface area contributed by atoms with Gasteiger partial charge in [-0.3, -0.25) is 10.1 Å². The lowest BCUT2D eigenvalue weighted by Crippen LogP contribution is -2.61. The molecule has 4 atom stereocenters. The van der Waals surface area contributed by atoms with Crippen LogP contribution in [0.5, 0.6) is 17.2 Å². The Morgan fingerprint density at radius 2 is 1.80 bits per heavy atom. The quantitative estimate of drug-likeness (QED) is 0.336. The van der Waals surface area contributed by atoms with Gasteiger partial charge in [0.25, 0.3) is 9.70 Å². The summed E-state index contributed by atoms with van der Waals surface area (Å²) in [7, 11) is -2.31. The largest absolute Gasteiger partial charge is 0.504 e. The number of alkyl halides is 3. The van der Waals surface area contributed by atoms with Gasteiger partial charge in [0.05, 0.1) is 18.7 Å². The van der Waals surface area contributed by atoms with Crippen LogP contribution in [-0.2, 0) is 25.2 Å². The maximum absolute atomic E-state index is 13.6. The Bertz CT molecular complexity index is 1290. The Morgan fingerprint density at radius 1 is 1.15 bits per heavy atom. The van der Waals surface area contributed by atoms with Crippen molar-refractivity contribution >= 4 is 60.6 Å². The number of hydrogen-bond acceptors (Lipinski definition) is 8. The van der Waals surface area contributed by atoms with E-state index >= 15 is 0 Å². The fourth-order valence-corrected chi connectivity index (χ4v) is 6.64. The van der Waals surface area contributed by atoms with Crippen molar-refractivity contribution in [2.45, 2.75) is 93.2 Å². The summed E-state index contributed by atoms with van der Waals surface area (Å²) in [4.78, 5) is 27.4. The van der Waals surface area contributed by atoms with Gasteiger partial charge in [-0.15, -0.1) is 0 Å². The van der Waals surface area contributed by atoms with Crippen molar-refractivity contribution in [3.8, 4) is 17.2 Å². The SMILES string of the molecule is CC1(C)O[C@@H]2[C@H](O1)[C@@H](O[Si](C)(C)C(C)(C)C)C=C1c3cc4c(c(O)c3CN(C(=O)NC(=O)C(Cl)(Cl)Cl)[C@H]12)OCO4. The van der Waals surface area contributed by atoms with Crippen LogP contribution in [0.3, 0.4) is 0 Å². The van der Waals surface area contributed by atoms with E-state index in [0.717, 1.165) is 0 Å². The van der Waals surface area contributed by atoms with E-state index in [1.54, 1.807) is 19.9 Å². The molecule has 0 unspecified atom stereocenters. The molecule has 3 amide bonds.